The topological polar surface area (TPSA) is 65.0 Å². The number of methoxy groups -OCH3 is 1. The van der Waals surface area contributed by atoms with E-state index in [9.17, 15) is 4.79 Å². The van der Waals surface area contributed by atoms with Crippen molar-refractivity contribution >= 4 is 17.6 Å². The molecule has 1 N–H and O–H groups in total. The summed E-state index contributed by atoms with van der Waals surface area (Å²) in [6, 6.07) is 8.20. The van der Waals surface area contributed by atoms with E-state index in [4.69, 9.17) is 30.9 Å². The van der Waals surface area contributed by atoms with E-state index >= 15 is 0 Å². The zero-order valence-electron chi connectivity index (χ0n) is 13.8. The van der Waals surface area contributed by atoms with Crippen LogP contribution in [0.2, 0.25) is 5.02 Å². The van der Waals surface area contributed by atoms with Gasteiger partial charge in [-0.25, -0.2) is 4.79 Å². The van der Waals surface area contributed by atoms with Gasteiger partial charge in [-0.1, -0.05) is 11.6 Å². The Kier molecular flexibility index (Phi) is 5.93. The number of halogens is 1. The van der Waals surface area contributed by atoms with Crippen molar-refractivity contribution in [3.63, 3.8) is 0 Å². The highest BCUT2D eigenvalue weighted by Crippen LogP contribution is 2.28. The molecular formula is C18H19ClO5. The predicted molar refractivity (Wildman–Crippen MR) is 91.9 cm³/mol. The zero-order chi connectivity index (χ0) is 17.7. The van der Waals surface area contributed by atoms with E-state index in [-0.39, 0.29) is 5.56 Å². The predicted octanol–water partition coefficient (Wildman–Crippen LogP) is 4.12. The van der Waals surface area contributed by atoms with E-state index in [0.29, 0.717) is 24.7 Å². The third-order valence-corrected chi connectivity index (χ3v) is 4.03. The number of hydrogen-bond donors (Lipinski definition) is 1. The molecule has 0 aliphatic rings. The van der Waals surface area contributed by atoms with Gasteiger partial charge in [-0.15, -0.1) is 0 Å². The van der Waals surface area contributed by atoms with Gasteiger partial charge in [0, 0.05) is 5.02 Å². The second-order valence-corrected chi connectivity index (χ2v) is 5.62. The number of rotatable bonds is 7. The summed E-state index contributed by atoms with van der Waals surface area (Å²) < 4.78 is 16.4. The Bertz CT molecular complexity index is 719. The maximum atomic E-state index is 11.0. The van der Waals surface area contributed by atoms with Gasteiger partial charge in [-0.3, -0.25) is 0 Å². The minimum atomic E-state index is -1.02. The van der Waals surface area contributed by atoms with Crippen LogP contribution in [0.5, 0.6) is 17.2 Å². The molecule has 2 rings (SSSR count). The average Bonchev–Trinajstić information content (AvgIpc) is 2.56. The minimum absolute atomic E-state index is 0.141. The summed E-state index contributed by atoms with van der Waals surface area (Å²) in [7, 11) is 1.46. The Hall–Kier alpha value is -2.40. The van der Waals surface area contributed by atoms with Crippen molar-refractivity contribution < 1.29 is 24.1 Å². The molecule has 2 aromatic carbocycles. The molecule has 2 aromatic rings. The molecule has 0 saturated carbocycles. The van der Waals surface area contributed by atoms with E-state index in [1.807, 2.05) is 26.0 Å². The van der Waals surface area contributed by atoms with Gasteiger partial charge in [-0.2, -0.15) is 0 Å². The lowest BCUT2D eigenvalue weighted by molar-refractivity contribution is 0.0696. The maximum Gasteiger partial charge on any atom is 0.335 e. The number of carboxylic acids is 1. The third kappa shape index (κ3) is 4.32. The Morgan fingerprint density at radius 3 is 2.25 bits per heavy atom. The normalized spacial score (nSPS) is 10.3. The van der Waals surface area contributed by atoms with Crippen LogP contribution in [0.25, 0.3) is 0 Å². The van der Waals surface area contributed by atoms with Crippen LogP contribution >= 0.6 is 11.6 Å². The fourth-order valence-corrected chi connectivity index (χ4v) is 2.33. The molecule has 0 spiro atoms. The summed E-state index contributed by atoms with van der Waals surface area (Å²) >= 11 is 6.12. The van der Waals surface area contributed by atoms with Crippen LogP contribution in [0, 0.1) is 13.8 Å². The van der Waals surface area contributed by atoms with Gasteiger partial charge in [0.05, 0.1) is 12.7 Å². The summed E-state index contributed by atoms with van der Waals surface area (Å²) in [5.74, 6) is 0.547. The Morgan fingerprint density at radius 2 is 1.67 bits per heavy atom. The summed E-state index contributed by atoms with van der Waals surface area (Å²) in [4.78, 5) is 11.0. The number of carbonyl (C=O) groups is 1. The van der Waals surface area contributed by atoms with Gasteiger partial charge in [0.1, 0.15) is 19.0 Å². The molecule has 0 heterocycles. The lowest BCUT2D eigenvalue weighted by Crippen LogP contribution is -2.10. The summed E-state index contributed by atoms with van der Waals surface area (Å²) in [6.45, 7) is 4.48. The minimum Gasteiger partial charge on any atom is -0.493 e. The fraction of sp³-hybridized carbons (Fsp3) is 0.278. The molecule has 0 fully saturated rings. The molecule has 0 radical (unpaired) electrons. The number of aromatic carboxylic acids is 1. The van der Waals surface area contributed by atoms with Crippen LogP contribution in [0.15, 0.2) is 30.3 Å². The van der Waals surface area contributed by atoms with E-state index in [2.05, 4.69) is 0 Å². The van der Waals surface area contributed by atoms with Crippen LogP contribution < -0.4 is 14.2 Å². The first-order valence-corrected chi connectivity index (χ1v) is 7.74. The molecule has 24 heavy (non-hydrogen) atoms. The highest BCUT2D eigenvalue weighted by atomic mass is 35.5. The molecule has 0 aliphatic carbocycles. The molecule has 0 atom stereocenters. The van der Waals surface area contributed by atoms with Crippen molar-refractivity contribution in [2.45, 2.75) is 13.8 Å². The first-order valence-electron chi connectivity index (χ1n) is 7.36. The second kappa shape index (κ2) is 7.93. The first kappa shape index (κ1) is 17.9. The van der Waals surface area contributed by atoms with Crippen molar-refractivity contribution in [1.29, 1.82) is 0 Å². The number of carboxylic acid groups (broad SMARTS) is 1. The lowest BCUT2D eigenvalue weighted by atomic mass is 10.1. The van der Waals surface area contributed by atoms with Crippen molar-refractivity contribution in [1.82, 2.24) is 0 Å². The number of ether oxygens (including phenoxy) is 3. The molecule has 5 nitrogen and oxygen atoms in total. The van der Waals surface area contributed by atoms with Gasteiger partial charge >= 0.3 is 5.97 Å². The highest BCUT2D eigenvalue weighted by Gasteiger charge is 2.10. The van der Waals surface area contributed by atoms with Crippen molar-refractivity contribution in [3.8, 4) is 17.2 Å². The smallest absolute Gasteiger partial charge is 0.335 e. The fourth-order valence-electron chi connectivity index (χ4n) is 2.22. The monoisotopic (exact) mass is 350 g/mol. The van der Waals surface area contributed by atoms with E-state index < -0.39 is 5.97 Å². The largest absolute Gasteiger partial charge is 0.493 e. The molecule has 0 saturated heterocycles. The van der Waals surface area contributed by atoms with Crippen LogP contribution in [0.1, 0.15) is 21.5 Å². The second-order valence-electron chi connectivity index (χ2n) is 5.24. The van der Waals surface area contributed by atoms with E-state index in [0.717, 1.165) is 21.9 Å². The van der Waals surface area contributed by atoms with E-state index in [1.54, 1.807) is 6.07 Å². The molecule has 0 unspecified atom stereocenters. The third-order valence-electron chi connectivity index (χ3n) is 3.43. The van der Waals surface area contributed by atoms with Crippen molar-refractivity contribution in [2.75, 3.05) is 20.3 Å². The van der Waals surface area contributed by atoms with Gasteiger partial charge < -0.3 is 19.3 Å². The molecule has 0 amide bonds. The lowest BCUT2D eigenvalue weighted by Gasteiger charge is -2.13. The van der Waals surface area contributed by atoms with Crippen LogP contribution in [0.3, 0.4) is 0 Å². The van der Waals surface area contributed by atoms with Gasteiger partial charge in [0.25, 0.3) is 0 Å². The number of hydrogen-bond acceptors (Lipinski definition) is 4. The Labute approximate surface area is 145 Å². The van der Waals surface area contributed by atoms with Gasteiger partial charge in [-0.05, 0) is 55.3 Å². The highest BCUT2D eigenvalue weighted by molar-refractivity contribution is 6.32. The molecule has 128 valence electrons. The zero-order valence-corrected chi connectivity index (χ0v) is 14.5. The van der Waals surface area contributed by atoms with Gasteiger partial charge in [0.2, 0.25) is 0 Å². The van der Waals surface area contributed by atoms with Crippen LogP contribution in [0.4, 0.5) is 0 Å². The average molecular weight is 351 g/mol. The number of benzene rings is 2. The van der Waals surface area contributed by atoms with Gasteiger partial charge in [0.15, 0.2) is 11.5 Å². The molecule has 0 aromatic heterocycles. The number of aryl methyl sites for hydroxylation is 2. The Balaban J connectivity index is 1.94. The SMILES string of the molecule is COc1cc(C(=O)O)ccc1OCCOc1cc(C)c(Cl)c(C)c1. The standard InChI is InChI=1S/C18H19ClO5/c1-11-8-14(9-12(2)17(11)19)23-6-7-24-15-5-4-13(18(20)21)10-16(15)22-3/h4-5,8-10H,6-7H2,1-3H3,(H,20,21). The summed E-state index contributed by atoms with van der Waals surface area (Å²) in [5.41, 5.74) is 2.06. The molecule has 0 aliphatic heterocycles. The summed E-state index contributed by atoms with van der Waals surface area (Å²) in [5, 5.41) is 9.71. The Morgan fingerprint density at radius 1 is 1.04 bits per heavy atom. The maximum absolute atomic E-state index is 11.0. The summed E-state index contributed by atoms with van der Waals surface area (Å²) in [6.07, 6.45) is 0. The first-order chi connectivity index (χ1) is 11.4. The van der Waals surface area contributed by atoms with E-state index in [1.165, 1.54) is 19.2 Å². The molecule has 6 heteroatoms. The van der Waals surface area contributed by atoms with Crippen molar-refractivity contribution in [3.05, 3.63) is 52.0 Å². The quantitative estimate of drug-likeness (QED) is 0.761. The van der Waals surface area contributed by atoms with Crippen LogP contribution in [-0.2, 0) is 0 Å². The molecular weight excluding hydrogens is 332 g/mol. The molecule has 0 bridgehead atoms. The van der Waals surface area contributed by atoms with Crippen LogP contribution in [-0.4, -0.2) is 31.4 Å². The van der Waals surface area contributed by atoms with Crippen molar-refractivity contribution in [2.24, 2.45) is 0 Å².